The van der Waals surface area contributed by atoms with E-state index >= 15 is 0 Å². The van der Waals surface area contributed by atoms with Crippen molar-refractivity contribution in [1.82, 2.24) is 0 Å². The molecule has 1 aromatic carbocycles. The van der Waals surface area contributed by atoms with Gasteiger partial charge in [0.2, 0.25) is 0 Å². The maximum absolute atomic E-state index is 13.7. The summed E-state index contributed by atoms with van der Waals surface area (Å²) in [6.07, 6.45) is 2.78. The molecule has 0 atom stereocenters. The topological polar surface area (TPSA) is 47.3 Å². The molecule has 0 fully saturated rings. The highest BCUT2D eigenvalue weighted by Crippen LogP contribution is 2.20. The second-order valence-corrected chi connectivity index (χ2v) is 4.57. The van der Waals surface area contributed by atoms with Crippen molar-refractivity contribution in [3.05, 3.63) is 29.3 Å². The first-order valence-electron chi connectivity index (χ1n) is 6.08. The molecule has 0 bridgehead atoms. The van der Waals surface area contributed by atoms with E-state index in [1.807, 2.05) is 0 Å². The highest BCUT2D eigenvalue weighted by Gasteiger charge is 2.14. The third kappa shape index (κ3) is 4.72. The van der Waals surface area contributed by atoms with Crippen molar-refractivity contribution in [2.75, 3.05) is 25.6 Å². The minimum atomic E-state index is -1.00. The molecule has 0 aliphatic rings. The van der Waals surface area contributed by atoms with Gasteiger partial charge in [-0.1, -0.05) is 12.2 Å². The van der Waals surface area contributed by atoms with E-state index in [0.717, 1.165) is 19.3 Å². The van der Waals surface area contributed by atoms with Crippen molar-refractivity contribution in [1.29, 1.82) is 0 Å². The highest BCUT2D eigenvalue weighted by molar-refractivity contribution is 7.80. The van der Waals surface area contributed by atoms with E-state index in [1.54, 1.807) is 7.11 Å². The second-order valence-electron chi connectivity index (χ2n) is 4.13. The lowest BCUT2D eigenvalue weighted by Gasteiger charge is -2.10. The molecular formula is C13H18F2N2OS. The van der Waals surface area contributed by atoms with Gasteiger partial charge in [-0.3, -0.25) is 0 Å². The van der Waals surface area contributed by atoms with Gasteiger partial charge < -0.3 is 15.8 Å². The SMILES string of the molecule is COCCCCCNc1ccc(C(N)=S)c(F)c1F. The van der Waals surface area contributed by atoms with Crippen LogP contribution < -0.4 is 11.1 Å². The lowest BCUT2D eigenvalue weighted by atomic mass is 10.1. The van der Waals surface area contributed by atoms with Crippen LogP contribution in [0.25, 0.3) is 0 Å². The average Bonchev–Trinajstić information content (AvgIpc) is 2.38. The van der Waals surface area contributed by atoms with Gasteiger partial charge in [0, 0.05) is 25.8 Å². The van der Waals surface area contributed by atoms with E-state index in [1.165, 1.54) is 12.1 Å². The van der Waals surface area contributed by atoms with Crippen LogP contribution in [0.15, 0.2) is 12.1 Å². The molecule has 0 amide bonds. The Hall–Kier alpha value is -1.27. The number of thiocarbonyl (C=S) groups is 1. The van der Waals surface area contributed by atoms with Crippen LogP contribution in [-0.2, 0) is 4.74 Å². The van der Waals surface area contributed by atoms with Gasteiger partial charge in [0.05, 0.1) is 5.69 Å². The quantitative estimate of drug-likeness (QED) is 0.570. The van der Waals surface area contributed by atoms with Crippen LogP contribution in [0.2, 0.25) is 0 Å². The third-order valence-electron chi connectivity index (χ3n) is 2.69. The molecule has 0 saturated carbocycles. The molecular weight excluding hydrogens is 270 g/mol. The third-order valence-corrected chi connectivity index (χ3v) is 2.91. The predicted molar refractivity (Wildman–Crippen MR) is 76.5 cm³/mol. The Labute approximate surface area is 117 Å². The molecule has 0 heterocycles. The Morgan fingerprint density at radius 3 is 2.63 bits per heavy atom. The Morgan fingerprint density at radius 1 is 1.26 bits per heavy atom. The van der Waals surface area contributed by atoms with Crippen molar-refractivity contribution in [3.63, 3.8) is 0 Å². The number of benzene rings is 1. The molecule has 0 unspecified atom stereocenters. The Bertz CT molecular complexity index is 441. The Kier molecular flexibility index (Phi) is 6.66. The molecule has 3 nitrogen and oxygen atoms in total. The molecule has 6 heteroatoms. The summed E-state index contributed by atoms with van der Waals surface area (Å²) in [5.41, 5.74) is 5.35. The van der Waals surface area contributed by atoms with Crippen molar-refractivity contribution in [3.8, 4) is 0 Å². The summed E-state index contributed by atoms with van der Waals surface area (Å²) >= 11 is 4.64. The van der Waals surface area contributed by atoms with Gasteiger partial charge in [-0.2, -0.15) is 0 Å². The molecule has 0 spiro atoms. The van der Waals surface area contributed by atoms with Crippen molar-refractivity contribution in [2.45, 2.75) is 19.3 Å². The number of rotatable bonds is 8. The fourth-order valence-corrected chi connectivity index (χ4v) is 1.81. The first-order chi connectivity index (χ1) is 9.07. The number of ether oxygens (including phenoxy) is 1. The van der Waals surface area contributed by atoms with Crippen LogP contribution >= 0.6 is 12.2 Å². The standard InChI is InChI=1S/C13H18F2N2OS/c1-18-8-4-2-3-7-17-10-6-5-9(13(16)19)11(14)12(10)15/h5-6,17H,2-4,7-8H2,1H3,(H2,16,19). The van der Waals surface area contributed by atoms with E-state index in [4.69, 9.17) is 10.5 Å². The summed E-state index contributed by atoms with van der Waals surface area (Å²) in [7, 11) is 1.65. The molecule has 0 aliphatic carbocycles. The van der Waals surface area contributed by atoms with Crippen molar-refractivity contribution >= 4 is 22.9 Å². The summed E-state index contributed by atoms with van der Waals surface area (Å²) in [5, 5.41) is 2.86. The Morgan fingerprint density at radius 2 is 2.00 bits per heavy atom. The van der Waals surface area contributed by atoms with Gasteiger partial charge in [0.15, 0.2) is 11.6 Å². The summed E-state index contributed by atoms with van der Waals surface area (Å²) in [5.74, 6) is -1.95. The summed E-state index contributed by atoms with van der Waals surface area (Å²) in [6, 6.07) is 2.83. The van der Waals surface area contributed by atoms with Gasteiger partial charge in [-0.25, -0.2) is 8.78 Å². The predicted octanol–water partition coefficient (Wildman–Crippen LogP) is 2.83. The molecule has 0 radical (unpaired) electrons. The zero-order valence-corrected chi connectivity index (χ0v) is 11.7. The maximum Gasteiger partial charge on any atom is 0.182 e. The van der Waals surface area contributed by atoms with Gasteiger partial charge in [-0.15, -0.1) is 0 Å². The van der Waals surface area contributed by atoms with Crippen molar-refractivity contribution < 1.29 is 13.5 Å². The molecule has 0 aliphatic heterocycles. The van der Waals surface area contributed by atoms with E-state index < -0.39 is 11.6 Å². The first kappa shape index (κ1) is 15.8. The van der Waals surface area contributed by atoms with Crippen LogP contribution in [0.5, 0.6) is 0 Å². The van der Waals surface area contributed by atoms with Crippen LogP contribution in [-0.4, -0.2) is 25.2 Å². The number of halogens is 2. The largest absolute Gasteiger partial charge is 0.389 e. The second kappa shape index (κ2) is 8.01. The number of anilines is 1. The zero-order chi connectivity index (χ0) is 14.3. The Balaban J connectivity index is 2.51. The number of unbranched alkanes of at least 4 members (excludes halogenated alkanes) is 2. The monoisotopic (exact) mass is 288 g/mol. The highest BCUT2D eigenvalue weighted by atomic mass is 32.1. The zero-order valence-electron chi connectivity index (χ0n) is 10.8. The number of nitrogens with one attached hydrogen (secondary N) is 1. The average molecular weight is 288 g/mol. The minimum Gasteiger partial charge on any atom is -0.389 e. The molecule has 3 N–H and O–H groups in total. The normalized spacial score (nSPS) is 10.5. The van der Waals surface area contributed by atoms with Gasteiger partial charge in [-0.05, 0) is 31.4 Å². The van der Waals surface area contributed by atoms with E-state index in [-0.39, 0.29) is 16.2 Å². The van der Waals surface area contributed by atoms with Crippen LogP contribution in [0.4, 0.5) is 14.5 Å². The molecule has 1 aromatic rings. The van der Waals surface area contributed by atoms with Crippen LogP contribution in [0, 0.1) is 11.6 Å². The summed E-state index contributed by atoms with van der Waals surface area (Å²) in [6.45, 7) is 1.29. The van der Waals surface area contributed by atoms with Crippen LogP contribution in [0.1, 0.15) is 24.8 Å². The van der Waals surface area contributed by atoms with Crippen molar-refractivity contribution in [2.24, 2.45) is 5.73 Å². The van der Waals surface area contributed by atoms with E-state index in [0.29, 0.717) is 13.2 Å². The van der Waals surface area contributed by atoms with E-state index in [2.05, 4.69) is 17.5 Å². The van der Waals surface area contributed by atoms with Gasteiger partial charge in [0.25, 0.3) is 0 Å². The smallest absolute Gasteiger partial charge is 0.182 e. The number of hydrogen-bond donors (Lipinski definition) is 2. The number of nitrogens with two attached hydrogens (primary N) is 1. The number of methoxy groups -OCH3 is 1. The van der Waals surface area contributed by atoms with E-state index in [9.17, 15) is 8.78 Å². The van der Waals surface area contributed by atoms with Gasteiger partial charge >= 0.3 is 0 Å². The lowest BCUT2D eigenvalue weighted by Crippen LogP contribution is -2.14. The molecule has 0 aromatic heterocycles. The summed E-state index contributed by atoms with van der Waals surface area (Å²) in [4.78, 5) is -0.150. The van der Waals surface area contributed by atoms with Gasteiger partial charge in [0.1, 0.15) is 4.99 Å². The fourth-order valence-electron chi connectivity index (χ4n) is 1.65. The first-order valence-corrected chi connectivity index (χ1v) is 6.49. The maximum atomic E-state index is 13.7. The lowest BCUT2D eigenvalue weighted by molar-refractivity contribution is 0.192. The fraction of sp³-hybridized carbons (Fsp3) is 0.462. The molecule has 19 heavy (non-hydrogen) atoms. The van der Waals surface area contributed by atoms with Crippen LogP contribution in [0.3, 0.4) is 0 Å². The molecule has 106 valence electrons. The molecule has 0 saturated heterocycles. The number of hydrogen-bond acceptors (Lipinski definition) is 3. The molecule has 1 rings (SSSR count). The minimum absolute atomic E-state index is 0.0712. The summed E-state index contributed by atoms with van der Waals surface area (Å²) < 4.78 is 32.2.